The lowest BCUT2D eigenvalue weighted by Crippen LogP contribution is -2.41. The molecule has 3 aromatic rings. The minimum Gasteiger partial charge on any atom is -0.462 e. The third-order valence-corrected chi connectivity index (χ3v) is 7.96. The molecule has 2 N–H and O–H groups in total. The number of carbonyl (C=O) groups excluding carboxylic acids is 1. The van der Waals surface area contributed by atoms with Crippen LogP contribution in [0, 0.1) is 5.92 Å². The number of nitrogens with zero attached hydrogens (tertiary/aromatic N) is 5. The average Bonchev–Trinajstić information content (AvgIpc) is 3.59. The van der Waals surface area contributed by atoms with Gasteiger partial charge in [-0.2, -0.15) is 5.10 Å². The summed E-state index contributed by atoms with van der Waals surface area (Å²) in [7, 11) is 0. The Balaban J connectivity index is 1.26. The van der Waals surface area contributed by atoms with Crippen LogP contribution in [0.25, 0.3) is 16.6 Å². The van der Waals surface area contributed by atoms with E-state index in [9.17, 15) is 4.79 Å². The number of allylic oxidation sites excluding steroid dienone is 4. The maximum Gasteiger partial charge on any atom is 0.222 e. The number of nitrogen functional groups attached to an aromatic ring is 1. The molecule has 1 amide bonds. The van der Waals surface area contributed by atoms with Crippen molar-refractivity contribution in [3.8, 4) is 5.75 Å². The molecule has 0 radical (unpaired) electrons. The SMILES string of the molecule is Nc1ncnc2c1c(C1=CC=C(Oc3ccccc3)CC1)nn2[C@@H]1CCCN(C(=O)CC2CCCC2)C1. The number of benzene rings is 1. The maximum absolute atomic E-state index is 13.1. The molecule has 1 saturated carbocycles. The van der Waals surface area contributed by atoms with Gasteiger partial charge in [-0.05, 0) is 61.8 Å². The lowest BCUT2D eigenvalue weighted by molar-refractivity contribution is -0.133. The predicted octanol–water partition coefficient (Wildman–Crippen LogP) is 5.29. The zero-order valence-corrected chi connectivity index (χ0v) is 21.2. The van der Waals surface area contributed by atoms with Gasteiger partial charge in [0.2, 0.25) is 5.91 Å². The third kappa shape index (κ3) is 4.97. The summed E-state index contributed by atoms with van der Waals surface area (Å²) in [5.74, 6) is 3.04. The van der Waals surface area contributed by atoms with Gasteiger partial charge in [-0.3, -0.25) is 4.79 Å². The van der Waals surface area contributed by atoms with Gasteiger partial charge in [0.1, 0.15) is 29.3 Å². The van der Waals surface area contributed by atoms with Gasteiger partial charge >= 0.3 is 0 Å². The molecule has 6 rings (SSSR count). The second kappa shape index (κ2) is 10.4. The number of fused-ring (bicyclic) bond motifs is 1. The lowest BCUT2D eigenvalue weighted by Gasteiger charge is -2.33. The number of rotatable bonds is 6. The van der Waals surface area contributed by atoms with Crippen molar-refractivity contribution < 1.29 is 9.53 Å². The summed E-state index contributed by atoms with van der Waals surface area (Å²) >= 11 is 0. The van der Waals surface area contributed by atoms with Crippen molar-refractivity contribution in [2.24, 2.45) is 5.92 Å². The van der Waals surface area contributed by atoms with E-state index in [-0.39, 0.29) is 11.9 Å². The van der Waals surface area contributed by atoms with E-state index in [0.717, 1.165) is 66.0 Å². The number of amides is 1. The number of anilines is 1. The van der Waals surface area contributed by atoms with Crippen molar-refractivity contribution in [3.05, 3.63) is 60.3 Å². The maximum atomic E-state index is 13.1. The van der Waals surface area contributed by atoms with Gasteiger partial charge in [-0.25, -0.2) is 14.6 Å². The summed E-state index contributed by atoms with van der Waals surface area (Å²) in [4.78, 5) is 24.0. The van der Waals surface area contributed by atoms with Crippen LogP contribution in [0.2, 0.25) is 0 Å². The molecule has 2 aromatic heterocycles. The van der Waals surface area contributed by atoms with E-state index >= 15 is 0 Å². The smallest absolute Gasteiger partial charge is 0.222 e. The summed E-state index contributed by atoms with van der Waals surface area (Å²) < 4.78 is 8.04. The van der Waals surface area contributed by atoms with Crippen molar-refractivity contribution >= 4 is 28.3 Å². The monoisotopic (exact) mass is 498 g/mol. The number of hydrogen-bond acceptors (Lipinski definition) is 6. The molecule has 0 unspecified atom stereocenters. The number of nitrogens with two attached hydrogens (primary N) is 1. The highest BCUT2D eigenvalue weighted by atomic mass is 16.5. The van der Waals surface area contributed by atoms with Gasteiger partial charge in [0.05, 0.1) is 11.4 Å². The van der Waals surface area contributed by atoms with Crippen molar-refractivity contribution in [1.82, 2.24) is 24.6 Å². The van der Waals surface area contributed by atoms with Crippen LogP contribution >= 0.6 is 0 Å². The van der Waals surface area contributed by atoms with Crippen LogP contribution in [0.3, 0.4) is 0 Å². The van der Waals surface area contributed by atoms with E-state index < -0.39 is 0 Å². The number of carbonyl (C=O) groups is 1. The van der Waals surface area contributed by atoms with Crippen molar-refractivity contribution in [2.45, 2.75) is 63.8 Å². The zero-order valence-electron chi connectivity index (χ0n) is 21.2. The van der Waals surface area contributed by atoms with E-state index in [0.29, 0.717) is 24.7 Å². The molecule has 8 nitrogen and oxygen atoms in total. The second-order valence-corrected chi connectivity index (χ2v) is 10.5. The second-order valence-electron chi connectivity index (χ2n) is 10.5. The molecule has 0 spiro atoms. The van der Waals surface area contributed by atoms with Gasteiger partial charge in [-0.15, -0.1) is 0 Å². The quantitative estimate of drug-likeness (QED) is 0.496. The van der Waals surface area contributed by atoms with E-state index in [1.54, 1.807) is 0 Å². The van der Waals surface area contributed by atoms with Gasteiger partial charge in [0, 0.05) is 25.9 Å². The molecular weight excluding hydrogens is 464 g/mol. The molecule has 37 heavy (non-hydrogen) atoms. The Hall–Kier alpha value is -3.68. The molecule has 2 fully saturated rings. The fourth-order valence-corrected chi connectivity index (χ4v) is 5.99. The van der Waals surface area contributed by atoms with Crippen molar-refractivity contribution in [2.75, 3.05) is 18.8 Å². The van der Waals surface area contributed by atoms with Gasteiger partial charge in [0.15, 0.2) is 5.65 Å². The first-order valence-corrected chi connectivity index (χ1v) is 13.5. The highest BCUT2D eigenvalue weighted by Gasteiger charge is 2.30. The van der Waals surface area contributed by atoms with Crippen LogP contribution in [0.4, 0.5) is 5.82 Å². The minimum atomic E-state index is 0.0727. The Morgan fingerprint density at radius 3 is 2.65 bits per heavy atom. The van der Waals surface area contributed by atoms with Crippen LogP contribution < -0.4 is 10.5 Å². The van der Waals surface area contributed by atoms with Gasteiger partial charge in [-0.1, -0.05) is 37.1 Å². The topological polar surface area (TPSA) is 99.2 Å². The minimum absolute atomic E-state index is 0.0727. The Bertz CT molecular complexity index is 1340. The van der Waals surface area contributed by atoms with Crippen LogP contribution in [0.5, 0.6) is 5.75 Å². The largest absolute Gasteiger partial charge is 0.462 e. The molecule has 192 valence electrons. The Labute approximate surface area is 217 Å². The molecule has 3 heterocycles. The lowest BCUT2D eigenvalue weighted by atomic mass is 9.99. The van der Waals surface area contributed by atoms with Gasteiger partial charge < -0.3 is 15.4 Å². The molecule has 0 bridgehead atoms. The third-order valence-electron chi connectivity index (χ3n) is 7.96. The molecule has 1 atom stereocenters. The summed E-state index contributed by atoms with van der Waals surface area (Å²) in [6.45, 7) is 1.49. The van der Waals surface area contributed by atoms with Crippen molar-refractivity contribution in [3.63, 3.8) is 0 Å². The molecule has 8 heteroatoms. The number of piperidine rings is 1. The molecule has 1 aliphatic heterocycles. The van der Waals surface area contributed by atoms with Crippen LogP contribution in [-0.2, 0) is 4.79 Å². The molecule has 2 aliphatic carbocycles. The molecule has 3 aliphatic rings. The van der Waals surface area contributed by atoms with Crippen LogP contribution in [-0.4, -0.2) is 43.6 Å². The summed E-state index contributed by atoms with van der Waals surface area (Å²) in [6, 6.07) is 9.90. The number of hydrogen-bond donors (Lipinski definition) is 1. The zero-order chi connectivity index (χ0) is 25.2. The normalized spacial score (nSPS) is 20.6. The molecule has 1 saturated heterocycles. The summed E-state index contributed by atoms with van der Waals surface area (Å²) in [5.41, 5.74) is 9.04. The van der Waals surface area contributed by atoms with E-state index in [1.165, 1.54) is 32.0 Å². The standard InChI is InChI=1S/C29H34N6O2/c30-28-26-27(21-12-14-24(15-13-21)37-23-10-2-1-3-11-23)33-35(29(26)32-19-31-28)22-9-6-16-34(18-22)25(36)17-20-7-4-5-8-20/h1-3,10-12,14,19-20,22H,4-9,13,15-18H2,(H2,30,31,32)/t22-/m1/s1. The summed E-state index contributed by atoms with van der Waals surface area (Å²) in [5, 5.41) is 5.86. The van der Waals surface area contributed by atoms with E-state index in [1.807, 2.05) is 46.0 Å². The summed E-state index contributed by atoms with van der Waals surface area (Å²) in [6.07, 6.45) is 14.6. The number of likely N-dealkylation sites (tertiary alicyclic amines) is 1. The van der Waals surface area contributed by atoms with E-state index in [2.05, 4.69) is 16.0 Å². The first-order chi connectivity index (χ1) is 18.2. The number of para-hydroxylation sites is 1. The first kappa shape index (κ1) is 23.7. The van der Waals surface area contributed by atoms with Gasteiger partial charge in [0.25, 0.3) is 0 Å². The first-order valence-electron chi connectivity index (χ1n) is 13.5. The Kier molecular flexibility index (Phi) is 6.64. The van der Waals surface area contributed by atoms with Crippen LogP contribution in [0.1, 0.15) is 69.5 Å². The molecule has 1 aromatic carbocycles. The van der Waals surface area contributed by atoms with Crippen molar-refractivity contribution in [1.29, 1.82) is 0 Å². The highest BCUT2D eigenvalue weighted by Crippen LogP contribution is 2.36. The predicted molar refractivity (Wildman–Crippen MR) is 144 cm³/mol. The number of aromatic nitrogens is 4. The average molecular weight is 499 g/mol. The Morgan fingerprint density at radius 2 is 1.86 bits per heavy atom. The fourth-order valence-electron chi connectivity index (χ4n) is 5.99. The van der Waals surface area contributed by atoms with Crippen LogP contribution in [0.15, 0.2) is 54.6 Å². The Morgan fingerprint density at radius 1 is 1.03 bits per heavy atom. The fraction of sp³-hybridized carbons (Fsp3) is 0.448. The highest BCUT2D eigenvalue weighted by molar-refractivity contribution is 5.96. The molecular formula is C29H34N6O2. The van der Waals surface area contributed by atoms with E-state index in [4.69, 9.17) is 15.6 Å². The number of ether oxygens (including phenoxy) is 1.